The number of hydrogen-bond acceptors (Lipinski definition) is 8. The Morgan fingerprint density at radius 1 is 1.07 bits per heavy atom. The molecule has 4 heterocycles. The van der Waals surface area contributed by atoms with E-state index in [4.69, 9.17) is 11.6 Å². The van der Waals surface area contributed by atoms with Gasteiger partial charge in [0, 0.05) is 34.6 Å². The number of aryl methyl sites for hydroxylation is 1. The number of nitrogens with zero attached hydrogens (tertiary/aromatic N) is 7. The largest absolute Gasteiger partial charge is 0.373 e. The Labute approximate surface area is 245 Å². The zero-order valence-corrected chi connectivity index (χ0v) is 22.8. The predicted molar refractivity (Wildman–Crippen MR) is 147 cm³/mol. The van der Waals surface area contributed by atoms with Crippen LogP contribution in [-0.2, 0) is 5.54 Å². The Hall–Kier alpha value is -4.90. The number of alkyl halides is 2. The van der Waals surface area contributed by atoms with E-state index < -0.39 is 35.7 Å². The molecule has 5 aromatic rings. The fraction of sp³-hybridized carbons (Fsp3) is 0.214. The van der Waals surface area contributed by atoms with Gasteiger partial charge in [-0.1, -0.05) is 22.9 Å². The molecule has 1 aliphatic carbocycles. The molecule has 0 spiro atoms. The van der Waals surface area contributed by atoms with Gasteiger partial charge in [-0.15, -0.1) is 5.10 Å². The molecular formula is C28H19ClF5N9. The zero-order chi connectivity index (χ0) is 30.5. The SMILES string of the molecule is Cc1nc(F)ccc1C(Nc1cc(Cl)c2ncc(C#N)c(Nc3cnc(F)c(F)c3)c2c1)c1cn(C2(C(F)F)CC2)nn1. The van der Waals surface area contributed by atoms with Crippen LogP contribution in [0.3, 0.4) is 0 Å². The lowest BCUT2D eigenvalue weighted by Gasteiger charge is -2.21. The lowest BCUT2D eigenvalue weighted by atomic mass is 10.0. The van der Waals surface area contributed by atoms with Crippen LogP contribution in [0.2, 0.25) is 5.02 Å². The van der Waals surface area contributed by atoms with Gasteiger partial charge in [-0.3, -0.25) is 4.98 Å². The molecule has 9 nitrogen and oxygen atoms in total. The highest BCUT2D eigenvalue weighted by Crippen LogP contribution is 2.48. The number of hydrogen-bond donors (Lipinski definition) is 2. The van der Waals surface area contributed by atoms with Gasteiger partial charge < -0.3 is 10.6 Å². The van der Waals surface area contributed by atoms with Gasteiger partial charge in [-0.05, 0) is 38.0 Å². The van der Waals surface area contributed by atoms with Crippen LogP contribution in [0.1, 0.15) is 41.4 Å². The lowest BCUT2D eigenvalue weighted by molar-refractivity contribution is 0.0593. The molecule has 0 bridgehead atoms. The number of nitriles is 1. The minimum absolute atomic E-state index is 0.0629. The average Bonchev–Trinajstić information content (AvgIpc) is 3.64. The van der Waals surface area contributed by atoms with E-state index in [9.17, 15) is 27.2 Å². The van der Waals surface area contributed by atoms with Crippen molar-refractivity contribution in [3.05, 3.63) is 94.2 Å². The molecule has 4 aromatic heterocycles. The van der Waals surface area contributed by atoms with Gasteiger partial charge in [0.05, 0.1) is 45.9 Å². The molecule has 218 valence electrons. The molecule has 1 unspecified atom stereocenters. The van der Waals surface area contributed by atoms with Crippen LogP contribution in [0.25, 0.3) is 10.9 Å². The summed E-state index contributed by atoms with van der Waals surface area (Å²) in [5.41, 5.74) is 0.635. The van der Waals surface area contributed by atoms with Gasteiger partial charge in [0.25, 0.3) is 6.43 Å². The first kappa shape index (κ1) is 28.2. The number of anilines is 3. The number of rotatable bonds is 8. The van der Waals surface area contributed by atoms with Crippen LogP contribution >= 0.6 is 11.6 Å². The monoisotopic (exact) mass is 611 g/mol. The fourth-order valence-corrected chi connectivity index (χ4v) is 5.09. The topological polar surface area (TPSA) is 117 Å². The molecule has 43 heavy (non-hydrogen) atoms. The Morgan fingerprint density at radius 2 is 1.86 bits per heavy atom. The van der Waals surface area contributed by atoms with Gasteiger partial charge in [-0.2, -0.15) is 14.0 Å². The summed E-state index contributed by atoms with van der Waals surface area (Å²) in [4.78, 5) is 11.5. The molecule has 2 N–H and O–H groups in total. The summed E-state index contributed by atoms with van der Waals surface area (Å²) in [6.45, 7) is 1.59. The fourth-order valence-electron chi connectivity index (χ4n) is 4.82. The third kappa shape index (κ3) is 5.16. The number of benzene rings is 1. The summed E-state index contributed by atoms with van der Waals surface area (Å²) in [5.74, 6) is -3.18. The van der Waals surface area contributed by atoms with Crippen molar-refractivity contribution in [1.29, 1.82) is 5.26 Å². The Balaban J connectivity index is 1.45. The molecule has 15 heteroatoms. The Bertz CT molecular complexity index is 1920. The summed E-state index contributed by atoms with van der Waals surface area (Å²) >= 11 is 6.60. The lowest BCUT2D eigenvalue weighted by Crippen LogP contribution is -2.26. The minimum Gasteiger partial charge on any atom is -0.373 e. The standard InChI is InChI=1S/C28H19ClF5N9/c1-13-17(2-3-22(31)38-13)25(21-12-43(42-41-21)28(4-5-28)27(33)34)39-15-6-18-23(40-16-8-20(30)26(32)37-11-16)14(9-35)10-36-24(18)19(29)7-15/h2-3,6-8,10-12,25,27,39H,4-5H2,1H3,(H,36,40). The maximum Gasteiger partial charge on any atom is 0.263 e. The highest BCUT2D eigenvalue weighted by molar-refractivity contribution is 6.36. The normalized spacial score (nSPS) is 14.5. The van der Waals surface area contributed by atoms with Crippen LogP contribution < -0.4 is 10.6 Å². The first-order valence-electron chi connectivity index (χ1n) is 12.8. The highest BCUT2D eigenvalue weighted by atomic mass is 35.5. The smallest absolute Gasteiger partial charge is 0.263 e. The van der Waals surface area contributed by atoms with Crippen molar-refractivity contribution in [3.8, 4) is 6.07 Å². The van der Waals surface area contributed by atoms with Crippen molar-refractivity contribution >= 4 is 39.6 Å². The molecule has 1 saturated carbocycles. The second-order valence-electron chi connectivity index (χ2n) is 10.0. The highest BCUT2D eigenvalue weighted by Gasteiger charge is 2.54. The molecule has 0 amide bonds. The van der Waals surface area contributed by atoms with Crippen molar-refractivity contribution in [3.63, 3.8) is 0 Å². The van der Waals surface area contributed by atoms with Gasteiger partial charge in [-0.25, -0.2) is 27.8 Å². The third-order valence-corrected chi connectivity index (χ3v) is 7.55. The minimum atomic E-state index is -2.64. The van der Waals surface area contributed by atoms with Crippen LogP contribution in [0.15, 0.2) is 48.9 Å². The van der Waals surface area contributed by atoms with Crippen molar-refractivity contribution in [2.24, 2.45) is 0 Å². The molecule has 0 aliphatic heterocycles. The Kier molecular flexibility index (Phi) is 7.05. The maximum atomic E-state index is 13.9. The van der Waals surface area contributed by atoms with E-state index in [1.54, 1.807) is 19.1 Å². The zero-order valence-electron chi connectivity index (χ0n) is 22.1. The third-order valence-electron chi connectivity index (χ3n) is 7.26. The average molecular weight is 612 g/mol. The Morgan fingerprint density at radius 3 is 2.53 bits per heavy atom. The molecule has 1 fully saturated rings. The molecule has 0 radical (unpaired) electrons. The summed E-state index contributed by atoms with van der Waals surface area (Å²) in [6, 6.07) is 7.87. The summed E-state index contributed by atoms with van der Waals surface area (Å²) in [7, 11) is 0. The number of nitrogens with one attached hydrogen (secondary N) is 2. The van der Waals surface area contributed by atoms with Gasteiger partial charge >= 0.3 is 0 Å². The second-order valence-corrected chi connectivity index (χ2v) is 10.4. The van der Waals surface area contributed by atoms with Crippen molar-refractivity contribution in [2.75, 3.05) is 10.6 Å². The number of pyridine rings is 3. The predicted octanol–water partition coefficient (Wildman–Crippen LogP) is 6.57. The summed E-state index contributed by atoms with van der Waals surface area (Å²) in [6.07, 6.45) is 1.62. The number of aromatic nitrogens is 6. The quantitative estimate of drug-likeness (QED) is 0.150. The molecule has 6 rings (SSSR count). The number of halogens is 6. The van der Waals surface area contributed by atoms with Gasteiger partial charge in [0.1, 0.15) is 17.3 Å². The molecular weight excluding hydrogens is 593 g/mol. The van der Waals surface area contributed by atoms with Gasteiger partial charge in [0.2, 0.25) is 11.9 Å². The van der Waals surface area contributed by atoms with E-state index in [1.807, 2.05) is 6.07 Å². The molecule has 1 aliphatic rings. The van der Waals surface area contributed by atoms with E-state index in [1.165, 1.54) is 18.5 Å². The summed E-state index contributed by atoms with van der Waals surface area (Å²) in [5, 5.41) is 24.6. The van der Waals surface area contributed by atoms with E-state index in [-0.39, 0.29) is 40.5 Å². The second kappa shape index (κ2) is 10.7. The van der Waals surface area contributed by atoms with E-state index in [0.717, 1.165) is 23.0 Å². The van der Waals surface area contributed by atoms with E-state index in [0.29, 0.717) is 27.8 Å². The molecule has 1 aromatic carbocycles. The van der Waals surface area contributed by atoms with Crippen LogP contribution in [0.5, 0.6) is 0 Å². The first-order valence-corrected chi connectivity index (χ1v) is 13.2. The van der Waals surface area contributed by atoms with Crippen LogP contribution in [-0.4, -0.2) is 36.4 Å². The summed E-state index contributed by atoms with van der Waals surface area (Å²) < 4.78 is 70.0. The van der Waals surface area contributed by atoms with Crippen molar-refractivity contribution in [2.45, 2.75) is 37.8 Å². The maximum absolute atomic E-state index is 13.9. The van der Waals surface area contributed by atoms with Crippen LogP contribution in [0.4, 0.5) is 39.0 Å². The van der Waals surface area contributed by atoms with E-state index in [2.05, 4.69) is 35.9 Å². The van der Waals surface area contributed by atoms with E-state index >= 15 is 0 Å². The van der Waals surface area contributed by atoms with Crippen molar-refractivity contribution in [1.82, 2.24) is 29.9 Å². The van der Waals surface area contributed by atoms with Gasteiger partial charge in [0.15, 0.2) is 5.82 Å². The van der Waals surface area contributed by atoms with Crippen LogP contribution in [0, 0.1) is 36.0 Å². The molecule has 0 saturated heterocycles. The number of fused-ring (bicyclic) bond motifs is 1. The van der Waals surface area contributed by atoms with Crippen molar-refractivity contribution < 1.29 is 22.0 Å². The molecule has 1 atom stereocenters. The first-order chi connectivity index (χ1) is 20.6.